The minimum absolute atomic E-state index is 0.119. The number of carbonyl (C=O) groups excluding carboxylic acids is 2. The number of rotatable bonds is 10. The summed E-state index contributed by atoms with van der Waals surface area (Å²) < 4.78 is 17.2. The van der Waals surface area contributed by atoms with Crippen molar-refractivity contribution in [3.05, 3.63) is 126 Å². The first-order chi connectivity index (χ1) is 27.4. The van der Waals surface area contributed by atoms with Crippen LogP contribution >= 0.6 is 0 Å². The van der Waals surface area contributed by atoms with Crippen molar-refractivity contribution in [3.8, 4) is 16.9 Å². The molecule has 4 aromatic carbocycles. The molecule has 2 saturated heterocycles. The zero-order valence-corrected chi connectivity index (χ0v) is 32.1. The van der Waals surface area contributed by atoms with Crippen molar-refractivity contribution < 1.29 is 44.2 Å². The predicted octanol–water partition coefficient (Wildman–Crippen LogP) is 5.19. The fourth-order valence-corrected chi connectivity index (χ4v) is 7.14. The summed E-state index contributed by atoms with van der Waals surface area (Å²) in [5, 5.41) is 47.7. The van der Waals surface area contributed by atoms with Gasteiger partial charge in [0.15, 0.2) is 0 Å². The van der Waals surface area contributed by atoms with Gasteiger partial charge in [0.1, 0.15) is 41.8 Å². The number of hydrogen-bond donors (Lipinski definition) is 5. The molecule has 5 aromatic rings. The summed E-state index contributed by atoms with van der Waals surface area (Å²) in [4.78, 5) is 32.6. The maximum atomic E-state index is 14.5. The van der Waals surface area contributed by atoms with Gasteiger partial charge in [-0.15, -0.1) is 0 Å². The van der Waals surface area contributed by atoms with E-state index in [9.17, 15) is 30.0 Å². The van der Waals surface area contributed by atoms with Gasteiger partial charge in [-0.1, -0.05) is 91.0 Å². The van der Waals surface area contributed by atoms with Crippen LogP contribution in [0.3, 0.4) is 0 Å². The summed E-state index contributed by atoms with van der Waals surface area (Å²) >= 11 is 0. The van der Waals surface area contributed by atoms with Gasteiger partial charge >= 0.3 is 12.0 Å². The molecule has 3 heterocycles. The number of carbonyl (C=O) groups is 2. The number of hydrogen-bond acceptors (Lipinski definition) is 10. The van der Waals surface area contributed by atoms with E-state index < -0.39 is 61.0 Å². The second kappa shape index (κ2) is 16.9. The number of amides is 2. The molecular formula is C44H48N4O9. The van der Waals surface area contributed by atoms with Crippen LogP contribution in [0.25, 0.3) is 22.0 Å². The molecule has 2 fully saturated rings. The monoisotopic (exact) mass is 776 g/mol. The highest BCUT2D eigenvalue weighted by atomic mass is 16.7. The highest BCUT2D eigenvalue weighted by Crippen LogP contribution is 2.34. The number of ether oxygens (including phenoxy) is 3. The van der Waals surface area contributed by atoms with E-state index in [1.165, 1.54) is 5.01 Å². The van der Waals surface area contributed by atoms with Gasteiger partial charge in [-0.3, -0.25) is 0 Å². The van der Waals surface area contributed by atoms with Crippen LogP contribution in [0.5, 0.6) is 5.75 Å². The molecule has 1 aromatic heterocycles. The van der Waals surface area contributed by atoms with E-state index in [1.807, 2.05) is 124 Å². The summed E-state index contributed by atoms with van der Waals surface area (Å²) in [6.45, 7) is 5.38. The Labute approximate surface area is 330 Å². The zero-order valence-electron chi connectivity index (χ0n) is 32.1. The number of urea groups is 1. The molecule has 7 rings (SSSR count). The number of nitrogens with zero attached hydrogens (tertiary/aromatic N) is 3. The van der Waals surface area contributed by atoms with Gasteiger partial charge in [-0.05, 0) is 62.4 Å². The van der Waals surface area contributed by atoms with Crippen LogP contribution in [0.2, 0.25) is 0 Å². The third-order valence-electron chi connectivity index (χ3n) is 10.1. The summed E-state index contributed by atoms with van der Waals surface area (Å²) in [5.41, 5.74) is 4.85. The van der Waals surface area contributed by atoms with E-state index in [1.54, 1.807) is 11.1 Å². The molecule has 57 heavy (non-hydrogen) atoms. The summed E-state index contributed by atoms with van der Waals surface area (Å²) in [5.74, 6) is -0.0897. The molecule has 13 nitrogen and oxygen atoms in total. The fourth-order valence-electron chi connectivity index (χ4n) is 7.14. The van der Waals surface area contributed by atoms with Crippen molar-refractivity contribution in [2.24, 2.45) is 5.10 Å². The molecule has 13 heteroatoms. The van der Waals surface area contributed by atoms with Crippen LogP contribution in [-0.2, 0) is 20.8 Å². The third-order valence-corrected chi connectivity index (χ3v) is 10.1. The van der Waals surface area contributed by atoms with E-state index in [-0.39, 0.29) is 6.54 Å². The summed E-state index contributed by atoms with van der Waals surface area (Å²) in [7, 11) is 0. The molecule has 0 spiro atoms. The number of likely N-dealkylation sites (tertiary alicyclic amines) is 1. The molecular weight excluding hydrogens is 729 g/mol. The van der Waals surface area contributed by atoms with Crippen LogP contribution in [0.1, 0.15) is 50.3 Å². The van der Waals surface area contributed by atoms with Crippen molar-refractivity contribution in [1.29, 1.82) is 0 Å². The molecule has 2 amide bonds. The van der Waals surface area contributed by atoms with Crippen LogP contribution in [0.15, 0.2) is 114 Å². The Balaban J connectivity index is 1.18. The van der Waals surface area contributed by atoms with Gasteiger partial charge < -0.3 is 44.5 Å². The van der Waals surface area contributed by atoms with Crippen LogP contribution in [0, 0.1) is 0 Å². The minimum Gasteiger partial charge on any atom is -0.460 e. The Morgan fingerprint density at radius 3 is 2.16 bits per heavy atom. The number of nitrogens with one attached hydrogen (secondary N) is 1. The summed E-state index contributed by atoms with van der Waals surface area (Å²) in [6.07, 6.45) is -4.28. The highest BCUT2D eigenvalue weighted by Gasteiger charge is 2.45. The van der Waals surface area contributed by atoms with Gasteiger partial charge in [-0.25, -0.2) is 14.6 Å². The van der Waals surface area contributed by atoms with Crippen molar-refractivity contribution in [1.82, 2.24) is 14.9 Å². The van der Waals surface area contributed by atoms with E-state index >= 15 is 0 Å². The van der Waals surface area contributed by atoms with Gasteiger partial charge in [0.2, 0.25) is 6.29 Å². The number of hydrazone groups is 1. The Bertz CT molecular complexity index is 2140. The molecule has 0 bridgehead atoms. The standard InChI is InChI=1S/C44H48N4O9/c1-44(2,3)57-41(53)34-15-10-22-47(34)43(54)48(46-37(29-11-6-4-7-12-29)30-13-8-5-9-14-30)25-27-16-18-28(19-17-27)31-20-21-33-32(23-31)35(24-45-33)55-42-40(52)39(51)38(50)36(26-49)56-42/h4-9,11-14,16-21,23-24,34,36,38-40,42,45,49-52H,10,15,22,25-26H2,1-3H3/t34?,36-,38+,39+,40-,42-/m1/s1. The number of aromatic amines is 1. The summed E-state index contributed by atoms with van der Waals surface area (Å²) in [6, 6.07) is 31.7. The smallest absolute Gasteiger partial charge is 0.341 e. The van der Waals surface area contributed by atoms with Gasteiger partial charge in [0.05, 0.1) is 18.9 Å². The first-order valence-electron chi connectivity index (χ1n) is 19.1. The number of benzene rings is 4. The topological polar surface area (TPSA) is 177 Å². The molecule has 6 atom stereocenters. The molecule has 0 saturated carbocycles. The first kappa shape index (κ1) is 39.7. The molecule has 2 aliphatic rings. The second-order valence-corrected chi connectivity index (χ2v) is 15.3. The minimum atomic E-state index is -1.57. The molecule has 2 aliphatic heterocycles. The SMILES string of the molecule is CC(C)(C)OC(=O)C1CCCN1C(=O)N(Cc1ccc(-c2ccc3[nH]cc(O[C@@H]4O[C@H](CO)[C@H](O)[C@H](O)[C@H]4O)c3c2)cc1)N=C(c1ccccc1)c1ccccc1. The van der Waals surface area contributed by atoms with E-state index in [4.69, 9.17) is 19.3 Å². The lowest BCUT2D eigenvalue weighted by atomic mass is 9.99. The molecule has 5 N–H and O–H groups in total. The van der Waals surface area contributed by atoms with Gasteiger partial charge in [-0.2, -0.15) is 5.10 Å². The Morgan fingerprint density at radius 1 is 0.877 bits per heavy atom. The van der Waals surface area contributed by atoms with Gasteiger partial charge in [0.25, 0.3) is 0 Å². The highest BCUT2D eigenvalue weighted by molar-refractivity contribution is 6.13. The van der Waals surface area contributed by atoms with Gasteiger partial charge in [0, 0.05) is 34.8 Å². The number of esters is 1. The van der Waals surface area contributed by atoms with Crippen LogP contribution in [0.4, 0.5) is 4.79 Å². The fraction of sp³-hybridized carbons (Fsp3) is 0.341. The Kier molecular flexibility index (Phi) is 11.7. The maximum absolute atomic E-state index is 14.5. The average Bonchev–Trinajstić information content (AvgIpc) is 3.87. The molecule has 0 radical (unpaired) electrons. The molecule has 0 aliphatic carbocycles. The van der Waals surface area contributed by atoms with Crippen molar-refractivity contribution >= 4 is 28.6 Å². The second-order valence-electron chi connectivity index (χ2n) is 15.3. The number of H-pyrrole nitrogens is 1. The average molecular weight is 777 g/mol. The van der Waals surface area contributed by atoms with Crippen LogP contribution in [-0.4, -0.2) is 109 Å². The predicted molar refractivity (Wildman–Crippen MR) is 213 cm³/mol. The Hall–Kier alpha value is -5.57. The molecule has 1 unspecified atom stereocenters. The lowest BCUT2D eigenvalue weighted by Gasteiger charge is -2.39. The third kappa shape index (κ3) is 8.88. The van der Waals surface area contributed by atoms with Crippen molar-refractivity contribution in [2.75, 3.05) is 13.2 Å². The quantitative estimate of drug-likeness (QED) is 0.0726. The van der Waals surface area contributed by atoms with E-state index in [0.717, 1.165) is 33.3 Å². The van der Waals surface area contributed by atoms with Crippen molar-refractivity contribution in [3.63, 3.8) is 0 Å². The largest absolute Gasteiger partial charge is 0.460 e. The first-order valence-corrected chi connectivity index (χ1v) is 19.1. The number of aromatic nitrogens is 1. The lowest BCUT2D eigenvalue weighted by molar-refractivity contribution is -0.277. The number of fused-ring (bicyclic) bond motifs is 1. The maximum Gasteiger partial charge on any atom is 0.341 e. The zero-order chi connectivity index (χ0) is 40.3. The normalized spacial score (nSPS) is 22.3. The van der Waals surface area contributed by atoms with Crippen molar-refractivity contribution in [2.45, 2.75) is 82.5 Å². The number of aliphatic hydroxyl groups excluding tert-OH is 4. The Morgan fingerprint density at radius 2 is 1.53 bits per heavy atom. The number of aliphatic hydroxyl groups is 4. The van der Waals surface area contributed by atoms with E-state index in [2.05, 4.69) is 4.98 Å². The van der Waals surface area contributed by atoms with Crippen LogP contribution < -0.4 is 4.74 Å². The van der Waals surface area contributed by atoms with E-state index in [0.29, 0.717) is 36.2 Å². The lowest BCUT2D eigenvalue weighted by Crippen LogP contribution is -2.60. The molecule has 298 valence electrons.